The molecule has 20 heavy (non-hydrogen) atoms. The summed E-state index contributed by atoms with van der Waals surface area (Å²) >= 11 is 6.02. The van der Waals surface area contributed by atoms with Crippen LogP contribution in [0.25, 0.3) is 0 Å². The molecule has 0 bridgehead atoms. The Labute approximate surface area is 125 Å². The van der Waals surface area contributed by atoms with Crippen molar-refractivity contribution in [3.63, 3.8) is 0 Å². The molecule has 0 saturated carbocycles. The van der Waals surface area contributed by atoms with Crippen molar-refractivity contribution < 1.29 is 0 Å². The number of hydrogen-bond donors (Lipinski definition) is 1. The van der Waals surface area contributed by atoms with Gasteiger partial charge in [-0.3, -0.25) is 0 Å². The van der Waals surface area contributed by atoms with Gasteiger partial charge in [0.1, 0.15) is 12.2 Å². The number of hydrogen-bond acceptors (Lipinski definition) is 3. The highest BCUT2D eigenvalue weighted by Gasteiger charge is 2.15. The number of nitrogens with zero attached hydrogens (tertiary/aromatic N) is 3. The Balaban J connectivity index is 2.07. The molecule has 4 nitrogen and oxygen atoms in total. The van der Waals surface area contributed by atoms with Crippen molar-refractivity contribution in [3.05, 3.63) is 47.0 Å². The first-order valence-corrected chi connectivity index (χ1v) is 7.30. The van der Waals surface area contributed by atoms with Crippen LogP contribution in [0.4, 0.5) is 0 Å². The van der Waals surface area contributed by atoms with Crippen molar-refractivity contribution >= 4 is 11.6 Å². The second kappa shape index (κ2) is 6.86. The number of benzene rings is 1. The summed E-state index contributed by atoms with van der Waals surface area (Å²) in [5.74, 6) is 1.34. The van der Waals surface area contributed by atoms with Crippen molar-refractivity contribution in [3.8, 4) is 0 Å². The molecule has 1 heterocycles. The molecule has 2 rings (SSSR count). The minimum absolute atomic E-state index is 0.317. The standard InChI is InChI=1S/C15H21ClN4/c1-11(2)20-15(18-10-19-20)8-13(9-17)6-12-4-3-5-14(16)7-12/h3-5,7,10-11,13H,6,8-9,17H2,1-2H3. The third kappa shape index (κ3) is 3.81. The van der Waals surface area contributed by atoms with E-state index in [1.807, 2.05) is 22.9 Å². The lowest BCUT2D eigenvalue weighted by Crippen LogP contribution is -2.22. The van der Waals surface area contributed by atoms with Crippen LogP contribution in [-0.4, -0.2) is 21.3 Å². The zero-order chi connectivity index (χ0) is 14.5. The molecule has 0 radical (unpaired) electrons. The summed E-state index contributed by atoms with van der Waals surface area (Å²) in [6.45, 7) is 4.83. The second-order valence-electron chi connectivity index (χ2n) is 5.35. The molecule has 0 spiro atoms. The summed E-state index contributed by atoms with van der Waals surface area (Å²) in [7, 11) is 0. The Bertz CT molecular complexity index is 550. The zero-order valence-electron chi connectivity index (χ0n) is 12.0. The maximum absolute atomic E-state index is 6.02. The van der Waals surface area contributed by atoms with Crippen LogP contribution in [0, 0.1) is 5.92 Å². The molecule has 0 aliphatic rings. The molecular weight excluding hydrogens is 272 g/mol. The van der Waals surface area contributed by atoms with Gasteiger partial charge in [-0.25, -0.2) is 9.67 Å². The van der Waals surface area contributed by atoms with Gasteiger partial charge in [-0.05, 0) is 50.4 Å². The molecule has 0 aliphatic heterocycles. The van der Waals surface area contributed by atoms with Crippen molar-refractivity contribution in [2.24, 2.45) is 11.7 Å². The van der Waals surface area contributed by atoms with E-state index >= 15 is 0 Å². The number of aromatic nitrogens is 3. The van der Waals surface area contributed by atoms with Crippen LogP contribution < -0.4 is 5.73 Å². The fourth-order valence-corrected chi connectivity index (χ4v) is 2.56. The molecule has 1 aromatic carbocycles. The number of nitrogens with two attached hydrogens (primary N) is 1. The second-order valence-corrected chi connectivity index (χ2v) is 5.79. The molecule has 2 aromatic rings. The van der Waals surface area contributed by atoms with Crippen LogP contribution >= 0.6 is 11.6 Å². The Hall–Kier alpha value is -1.39. The van der Waals surface area contributed by atoms with Crippen molar-refractivity contribution in [1.29, 1.82) is 0 Å². The molecule has 0 saturated heterocycles. The van der Waals surface area contributed by atoms with E-state index < -0.39 is 0 Å². The van der Waals surface area contributed by atoms with Gasteiger partial charge in [0.15, 0.2) is 0 Å². The summed E-state index contributed by atoms with van der Waals surface area (Å²) in [6, 6.07) is 8.26. The predicted molar refractivity (Wildman–Crippen MR) is 81.8 cm³/mol. The quantitative estimate of drug-likeness (QED) is 0.891. The van der Waals surface area contributed by atoms with Gasteiger partial charge in [0.25, 0.3) is 0 Å². The van der Waals surface area contributed by atoms with Crippen molar-refractivity contribution in [2.75, 3.05) is 6.54 Å². The summed E-state index contributed by atoms with van der Waals surface area (Å²) in [5, 5.41) is 5.04. The smallest absolute Gasteiger partial charge is 0.138 e. The molecule has 1 aromatic heterocycles. The summed E-state index contributed by atoms with van der Waals surface area (Å²) in [4.78, 5) is 4.35. The molecule has 1 unspecified atom stereocenters. The molecule has 5 heteroatoms. The Morgan fingerprint density at radius 3 is 2.75 bits per heavy atom. The van der Waals surface area contributed by atoms with Gasteiger partial charge in [0.2, 0.25) is 0 Å². The summed E-state index contributed by atoms with van der Waals surface area (Å²) in [5.41, 5.74) is 7.12. The minimum Gasteiger partial charge on any atom is -0.330 e. The average Bonchev–Trinajstić information content (AvgIpc) is 2.86. The van der Waals surface area contributed by atoms with E-state index in [-0.39, 0.29) is 0 Å². The highest BCUT2D eigenvalue weighted by atomic mass is 35.5. The predicted octanol–water partition coefficient (Wildman–Crippen LogP) is 2.87. The van der Waals surface area contributed by atoms with Gasteiger partial charge in [-0.1, -0.05) is 23.7 Å². The third-order valence-electron chi connectivity index (χ3n) is 3.35. The molecule has 2 N–H and O–H groups in total. The molecule has 1 atom stereocenters. The van der Waals surface area contributed by atoms with Crippen LogP contribution in [-0.2, 0) is 12.8 Å². The Kier molecular flexibility index (Phi) is 5.15. The van der Waals surface area contributed by atoms with Crippen LogP contribution in [0.2, 0.25) is 5.02 Å². The van der Waals surface area contributed by atoms with Gasteiger partial charge < -0.3 is 5.73 Å². The Morgan fingerprint density at radius 2 is 2.10 bits per heavy atom. The molecular formula is C15H21ClN4. The maximum Gasteiger partial charge on any atom is 0.138 e. The van der Waals surface area contributed by atoms with E-state index in [4.69, 9.17) is 17.3 Å². The fourth-order valence-electron chi connectivity index (χ4n) is 2.35. The molecule has 108 valence electrons. The van der Waals surface area contributed by atoms with Crippen LogP contribution in [0.5, 0.6) is 0 Å². The summed E-state index contributed by atoms with van der Waals surface area (Å²) < 4.78 is 1.96. The van der Waals surface area contributed by atoms with E-state index in [0.29, 0.717) is 18.5 Å². The SMILES string of the molecule is CC(C)n1ncnc1CC(CN)Cc1cccc(Cl)c1. The number of halogens is 1. The third-order valence-corrected chi connectivity index (χ3v) is 3.59. The average molecular weight is 293 g/mol. The maximum atomic E-state index is 6.02. The van der Waals surface area contributed by atoms with Crippen molar-refractivity contribution in [1.82, 2.24) is 14.8 Å². The molecule has 0 amide bonds. The van der Waals surface area contributed by atoms with Gasteiger partial charge in [-0.15, -0.1) is 0 Å². The van der Waals surface area contributed by atoms with E-state index in [0.717, 1.165) is 23.7 Å². The van der Waals surface area contributed by atoms with Gasteiger partial charge in [0, 0.05) is 17.5 Å². The zero-order valence-corrected chi connectivity index (χ0v) is 12.7. The minimum atomic E-state index is 0.317. The monoisotopic (exact) mass is 292 g/mol. The number of rotatable bonds is 6. The highest BCUT2D eigenvalue weighted by Crippen LogP contribution is 2.17. The molecule has 0 fully saturated rings. The summed E-state index contributed by atoms with van der Waals surface area (Å²) in [6.07, 6.45) is 3.35. The first kappa shape index (κ1) is 15.0. The van der Waals surface area contributed by atoms with Gasteiger partial charge in [0.05, 0.1) is 0 Å². The lowest BCUT2D eigenvalue weighted by atomic mass is 9.96. The van der Waals surface area contributed by atoms with E-state index in [1.165, 1.54) is 5.56 Å². The van der Waals surface area contributed by atoms with E-state index in [2.05, 4.69) is 30.0 Å². The topological polar surface area (TPSA) is 56.7 Å². The fraction of sp³-hybridized carbons (Fsp3) is 0.467. The Morgan fingerprint density at radius 1 is 1.30 bits per heavy atom. The largest absolute Gasteiger partial charge is 0.330 e. The van der Waals surface area contributed by atoms with E-state index in [1.54, 1.807) is 6.33 Å². The first-order valence-electron chi connectivity index (χ1n) is 6.93. The van der Waals surface area contributed by atoms with Gasteiger partial charge in [-0.2, -0.15) is 5.10 Å². The lowest BCUT2D eigenvalue weighted by molar-refractivity contribution is 0.457. The molecule has 0 aliphatic carbocycles. The van der Waals surface area contributed by atoms with Gasteiger partial charge >= 0.3 is 0 Å². The van der Waals surface area contributed by atoms with Crippen LogP contribution in [0.1, 0.15) is 31.3 Å². The van der Waals surface area contributed by atoms with E-state index in [9.17, 15) is 0 Å². The van der Waals surface area contributed by atoms with Crippen LogP contribution in [0.15, 0.2) is 30.6 Å². The van der Waals surface area contributed by atoms with Crippen LogP contribution in [0.3, 0.4) is 0 Å². The van der Waals surface area contributed by atoms with Crippen molar-refractivity contribution in [2.45, 2.75) is 32.7 Å². The lowest BCUT2D eigenvalue weighted by Gasteiger charge is -2.16. The first-order chi connectivity index (χ1) is 9.60. The normalized spacial score (nSPS) is 12.8. The highest BCUT2D eigenvalue weighted by molar-refractivity contribution is 6.30.